The van der Waals surface area contributed by atoms with Crippen molar-refractivity contribution in [1.29, 1.82) is 0 Å². The van der Waals surface area contributed by atoms with Crippen LogP contribution in [0, 0.1) is 11.8 Å². The van der Waals surface area contributed by atoms with Crippen LogP contribution in [0.25, 0.3) is 5.57 Å². The molecule has 0 radical (unpaired) electrons. The van der Waals surface area contributed by atoms with Crippen LogP contribution in [0.2, 0.25) is 5.02 Å². The summed E-state index contributed by atoms with van der Waals surface area (Å²) in [6.45, 7) is 2.77. The molecule has 33 heavy (non-hydrogen) atoms. The lowest BCUT2D eigenvalue weighted by Crippen LogP contribution is -2.49. The van der Waals surface area contributed by atoms with Gasteiger partial charge in [0.25, 0.3) is 0 Å². The van der Waals surface area contributed by atoms with Gasteiger partial charge in [-0.3, -0.25) is 19.3 Å². The van der Waals surface area contributed by atoms with Crippen LogP contribution in [-0.2, 0) is 14.3 Å². The molecular formula is C26H25ClN2O4. The van der Waals surface area contributed by atoms with Crippen LogP contribution in [0.1, 0.15) is 29.3 Å². The third-order valence-corrected chi connectivity index (χ3v) is 7.23. The number of hydrogen-bond acceptors (Lipinski definition) is 5. The summed E-state index contributed by atoms with van der Waals surface area (Å²) in [4.78, 5) is 44.3. The summed E-state index contributed by atoms with van der Waals surface area (Å²) in [5, 5.41) is 0.534. The molecule has 3 aliphatic heterocycles. The molecule has 6 nitrogen and oxygen atoms in total. The number of hydrogen-bond donors (Lipinski definition) is 0. The second-order valence-corrected chi connectivity index (χ2v) is 9.24. The normalized spacial score (nSPS) is 25.6. The van der Waals surface area contributed by atoms with E-state index in [0.29, 0.717) is 30.2 Å². The van der Waals surface area contributed by atoms with Gasteiger partial charge < -0.3 is 9.64 Å². The van der Waals surface area contributed by atoms with E-state index in [2.05, 4.69) is 0 Å². The maximum Gasteiger partial charge on any atom is 0.235 e. The molecule has 0 aromatic heterocycles. The number of anilines is 1. The number of ketones is 1. The zero-order valence-electron chi connectivity index (χ0n) is 18.5. The molecule has 0 saturated carbocycles. The Morgan fingerprint density at radius 1 is 1.03 bits per heavy atom. The van der Waals surface area contributed by atoms with E-state index in [1.54, 1.807) is 31.4 Å². The Kier molecular flexibility index (Phi) is 5.59. The van der Waals surface area contributed by atoms with E-state index in [4.69, 9.17) is 16.3 Å². The fourth-order valence-electron chi connectivity index (χ4n) is 5.53. The first kappa shape index (κ1) is 21.9. The van der Waals surface area contributed by atoms with Gasteiger partial charge in [0, 0.05) is 42.1 Å². The number of likely N-dealkylation sites (tertiary alicyclic amines) is 1. The number of carbonyl (C=O) groups excluding carboxylic acids is 3. The number of amides is 2. The van der Waals surface area contributed by atoms with Crippen LogP contribution in [0.3, 0.4) is 0 Å². The van der Waals surface area contributed by atoms with Crippen molar-refractivity contribution >= 4 is 40.5 Å². The quantitative estimate of drug-likeness (QED) is 0.369. The molecule has 0 unspecified atom stereocenters. The van der Waals surface area contributed by atoms with Gasteiger partial charge in [0.05, 0.1) is 17.9 Å². The lowest BCUT2D eigenvalue weighted by molar-refractivity contribution is -0.140. The number of Topliss-reactive ketones (excluding diaryl/α,β-unsaturated/α-hetero) is 1. The fraction of sp³-hybridized carbons (Fsp3) is 0.346. The summed E-state index contributed by atoms with van der Waals surface area (Å²) >= 11 is 6.04. The van der Waals surface area contributed by atoms with Crippen molar-refractivity contribution in [3.8, 4) is 0 Å². The smallest absolute Gasteiger partial charge is 0.235 e. The van der Waals surface area contributed by atoms with Crippen molar-refractivity contribution in [2.24, 2.45) is 11.8 Å². The van der Waals surface area contributed by atoms with Gasteiger partial charge in [0.1, 0.15) is 6.04 Å². The molecule has 5 rings (SSSR count). The lowest BCUT2D eigenvalue weighted by Gasteiger charge is -2.38. The Balaban J connectivity index is 1.61. The SMILES string of the molecule is COCCCN1C(=O)[C@@H]2[C@H](C1=O)[C@@H](C(=O)c1ccc(Cl)cc1)N1c3ccccc3C(C)=C[C@@H]21. The maximum absolute atomic E-state index is 13.9. The van der Waals surface area contributed by atoms with Crippen molar-refractivity contribution < 1.29 is 19.1 Å². The van der Waals surface area contributed by atoms with Crippen LogP contribution in [0.5, 0.6) is 0 Å². The highest BCUT2D eigenvalue weighted by molar-refractivity contribution is 6.30. The highest BCUT2D eigenvalue weighted by Crippen LogP contribution is 2.50. The summed E-state index contributed by atoms with van der Waals surface area (Å²) in [6, 6.07) is 13.4. The fourth-order valence-corrected chi connectivity index (χ4v) is 5.66. The average molecular weight is 465 g/mol. The standard InChI is InChI=1S/C26H25ClN2O4/c1-15-14-20-21-22(26(32)28(25(21)31)12-5-13-33-2)23(24(30)16-8-10-17(27)11-9-16)29(20)19-7-4-3-6-18(15)19/h3-4,6-11,14,20-23H,5,12-13H2,1-2H3/t20-,21-,22-,23-/m0/s1. The third kappa shape index (κ3) is 3.40. The monoisotopic (exact) mass is 464 g/mol. The van der Waals surface area contributed by atoms with Crippen molar-refractivity contribution in [2.45, 2.75) is 25.4 Å². The molecule has 0 N–H and O–H groups in total. The number of nitrogens with zero attached hydrogens (tertiary/aromatic N) is 2. The number of carbonyl (C=O) groups is 3. The van der Waals surface area contributed by atoms with Gasteiger partial charge in [-0.15, -0.1) is 0 Å². The van der Waals surface area contributed by atoms with Crippen LogP contribution in [0.4, 0.5) is 5.69 Å². The second kappa shape index (κ2) is 8.43. The molecule has 0 spiro atoms. The second-order valence-electron chi connectivity index (χ2n) is 8.81. The topological polar surface area (TPSA) is 66.9 Å². The van der Waals surface area contributed by atoms with Crippen LogP contribution < -0.4 is 4.90 Å². The predicted molar refractivity (Wildman–Crippen MR) is 126 cm³/mol. The molecule has 4 atom stereocenters. The molecule has 0 bridgehead atoms. The molecule has 2 aromatic carbocycles. The van der Waals surface area contributed by atoms with E-state index in [-0.39, 0.29) is 23.6 Å². The first-order chi connectivity index (χ1) is 15.9. The van der Waals surface area contributed by atoms with Gasteiger partial charge in [-0.1, -0.05) is 35.9 Å². The number of methoxy groups -OCH3 is 1. The van der Waals surface area contributed by atoms with E-state index in [1.165, 1.54) is 4.90 Å². The van der Waals surface area contributed by atoms with E-state index < -0.39 is 17.9 Å². The molecule has 2 amide bonds. The maximum atomic E-state index is 13.9. The summed E-state index contributed by atoms with van der Waals surface area (Å²) in [5.74, 6) is -1.97. The number of rotatable bonds is 6. The minimum Gasteiger partial charge on any atom is -0.385 e. The number of para-hydroxylation sites is 1. The number of halogens is 1. The van der Waals surface area contributed by atoms with Crippen LogP contribution in [0.15, 0.2) is 54.6 Å². The van der Waals surface area contributed by atoms with Gasteiger partial charge in [-0.2, -0.15) is 0 Å². The number of ether oxygens (including phenoxy) is 1. The van der Waals surface area contributed by atoms with Crippen molar-refractivity contribution in [3.63, 3.8) is 0 Å². The summed E-state index contributed by atoms with van der Waals surface area (Å²) in [7, 11) is 1.59. The molecule has 3 aliphatic rings. The zero-order chi connectivity index (χ0) is 23.3. The minimum atomic E-state index is -0.768. The van der Waals surface area contributed by atoms with Gasteiger partial charge in [-0.05, 0) is 49.2 Å². The Morgan fingerprint density at radius 2 is 1.73 bits per heavy atom. The molecule has 2 aromatic rings. The van der Waals surface area contributed by atoms with E-state index >= 15 is 0 Å². The highest BCUT2D eigenvalue weighted by atomic mass is 35.5. The first-order valence-electron chi connectivity index (χ1n) is 11.1. The van der Waals surface area contributed by atoms with E-state index in [0.717, 1.165) is 16.8 Å². The van der Waals surface area contributed by atoms with E-state index in [1.807, 2.05) is 42.2 Å². The van der Waals surface area contributed by atoms with Crippen LogP contribution in [-0.4, -0.2) is 54.8 Å². The summed E-state index contributed by atoms with van der Waals surface area (Å²) in [5.41, 5.74) is 3.42. The minimum absolute atomic E-state index is 0.174. The van der Waals surface area contributed by atoms with Gasteiger partial charge in [-0.25, -0.2) is 0 Å². The molecule has 0 aliphatic carbocycles. The Morgan fingerprint density at radius 3 is 2.45 bits per heavy atom. The molecule has 2 fully saturated rings. The lowest BCUT2D eigenvalue weighted by atomic mass is 9.85. The Bertz CT molecular complexity index is 1160. The summed E-state index contributed by atoms with van der Waals surface area (Å²) < 4.78 is 5.10. The largest absolute Gasteiger partial charge is 0.385 e. The third-order valence-electron chi connectivity index (χ3n) is 6.97. The van der Waals surface area contributed by atoms with Crippen LogP contribution >= 0.6 is 11.6 Å². The number of benzene rings is 2. The molecule has 3 heterocycles. The van der Waals surface area contributed by atoms with Crippen molar-refractivity contribution in [3.05, 3.63) is 70.8 Å². The van der Waals surface area contributed by atoms with Gasteiger partial charge in [0.15, 0.2) is 5.78 Å². The molecular weight excluding hydrogens is 440 g/mol. The summed E-state index contributed by atoms with van der Waals surface area (Å²) in [6.07, 6.45) is 2.61. The van der Waals surface area contributed by atoms with Crippen molar-refractivity contribution in [1.82, 2.24) is 4.90 Å². The zero-order valence-corrected chi connectivity index (χ0v) is 19.3. The van der Waals surface area contributed by atoms with E-state index in [9.17, 15) is 14.4 Å². The Hall–Kier alpha value is -2.96. The van der Waals surface area contributed by atoms with Crippen molar-refractivity contribution in [2.75, 3.05) is 25.2 Å². The van der Waals surface area contributed by atoms with Gasteiger partial charge in [0.2, 0.25) is 11.8 Å². The molecule has 7 heteroatoms. The predicted octanol–water partition coefficient (Wildman–Crippen LogP) is 3.83. The number of imide groups is 1. The molecule has 2 saturated heterocycles. The number of fused-ring (bicyclic) bond motifs is 5. The van der Waals surface area contributed by atoms with Gasteiger partial charge >= 0.3 is 0 Å². The average Bonchev–Trinajstić information content (AvgIpc) is 3.28. The Labute approximate surface area is 197 Å². The first-order valence-corrected chi connectivity index (χ1v) is 11.5. The molecule has 170 valence electrons. The highest BCUT2D eigenvalue weighted by Gasteiger charge is 2.64. The number of allylic oxidation sites excluding steroid dienone is 1.